The Bertz CT molecular complexity index is 311. The van der Waals surface area contributed by atoms with Crippen molar-refractivity contribution in [1.82, 2.24) is 0 Å². The van der Waals surface area contributed by atoms with Gasteiger partial charge < -0.3 is 0 Å². The van der Waals surface area contributed by atoms with E-state index in [9.17, 15) is 0 Å². The lowest BCUT2D eigenvalue weighted by molar-refractivity contribution is -0.283. The first-order chi connectivity index (χ1) is 11.8. The Kier molecular flexibility index (Phi) is 23.1. The van der Waals surface area contributed by atoms with Gasteiger partial charge in [0.25, 0.3) is 0 Å². The molecular formula is C18H34O6. The zero-order chi connectivity index (χ0) is 18.5. The highest BCUT2D eigenvalue weighted by Gasteiger charge is 2.12. The molecule has 0 aromatic heterocycles. The van der Waals surface area contributed by atoms with Crippen LogP contribution in [0.3, 0.4) is 0 Å². The van der Waals surface area contributed by atoms with E-state index in [1.165, 1.54) is 24.8 Å². The highest BCUT2D eigenvalue weighted by Crippen LogP contribution is 2.18. The van der Waals surface area contributed by atoms with Crippen molar-refractivity contribution in [2.45, 2.75) is 71.3 Å². The molecule has 0 saturated heterocycles. The van der Waals surface area contributed by atoms with Crippen LogP contribution in [0.15, 0.2) is 30.3 Å². The molecule has 0 amide bonds. The maximum Gasteiger partial charge on any atom is 0.0927 e. The third-order valence-electron chi connectivity index (χ3n) is 3.54. The summed E-state index contributed by atoms with van der Waals surface area (Å²) in [5.74, 6) is 0. The molecule has 6 heteroatoms. The molecule has 1 aliphatic rings. The number of aryl methyl sites for hydroxylation is 1. The topological polar surface area (TPSA) is 99.4 Å². The second kappa shape index (κ2) is 22.0. The first-order valence-corrected chi connectivity index (χ1v) is 8.58. The van der Waals surface area contributed by atoms with Crippen LogP contribution in [-0.4, -0.2) is 33.7 Å². The van der Waals surface area contributed by atoms with Crippen molar-refractivity contribution < 1.29 is 30.8 Å². The zero-order valence-electron chi connectivity index (χ0n) is 14.9. The van der Waals surface area contributed by atoms with E-state index in [-0.39, 0.29) is 6.10 Å². The van der Waals surface area contributed by atoms with Crippen LogP contribution in [0, 0.1) is 0 Å². The molecule has 4 N–H and O–H groups in total. The van der Waals surface area contributed by atoms with Crippen LogP contribution in [0.1, 0.15) is 64.4 Å². The lowest BCUT2D eigenvalue weighted by Gasteiger charge is -2.17. The van der Waals surface area contributed by atoms with Gasteiger partial charge in [-0.1, -0.05) is 69.9 Å². The third kappa shape index (κ3) is 17.3. The molecule has 1 aliphatic carbocycles. The molecule has 1 aromatic rings. The number of hydrogen-bond donors (Lipinski definition) is 4. The van der Waals surface area contributed by atoms with Crippen LogP contribution in [-0.2, 0) is 16.2 Å². The van der Waals surface area contributed by atoms with Gasteiger partial charge in [0, 0.05) is 0 Å². The predicted octanol–water partition coefficient (Wildman–Crippen LogP) is 5.35. The quantitative estimate of drug-likeness (QED) is 0.326. The third-order valence-corrected chi connectivity index (χ3v) is 3.54. The van der Waals surface area contributed by atoms with E-state index in [1.54, 1.807) is 0 Å². The summed E-state index contributed by atoms with van der Waals surface area (Å²) in [6.45, 7) is 4.67. The molecule has 1 aromatic carbocycles. The summed E-state index contributed by atoms with van der Waals surface area (Å²) < 4.78 is 0. The Hall–Kier alpha value is -1.02. The van der Waals surface area contributed by atoms with E-state index >= 15 is 0 Å². The first kappa shape index (κ1) is 25.2. The lowest BCUT2D eigenvalue weighted by atomic mass is 9.98. The van der Waals surface area contributed by atoms with Gasteiger partial charge >= 0.3 is 0 Å². The maximum absolute atomic E-state index is 8.19. The highest BCUT2D eigenvalue weighted by molar-refractivity contribution is 5.13. The summed E-state index contributed by atoms with van der Waals surface area (Å²) >= 11 is 0. The monoisotopic (exact) mass is 346 g/mol. The molecule has 0 spiro atoms. The molecule has 142 valence electrons. The van der Waals surface area contributed by atoms with Crippen LogP contribution >= 0.6 is 0 Å². The summed E-state index contributed by atoms with van der Waals surface area (Å²) in [5, 5.41) is 27.9. The zero-order valence-corrected chi connectivity index (χ0v) is 14.9. The molecule has 0 atom stereocenters. The van der Waals surface area contributed by atoms with Crippen LogP contribution in [0.2, 0.25) is 0 Å². The van der Waals surface area contributed by atoms with Crippen LogP contribution in [0.25, 0.3) is 0 Å². The Morgan fingerprint density at radius 3 is 1.83 bits per heavy atom. The van der Waals surface area contributed by atoms with Crippen molar-refractivity contribution in [3.05, 3.63) is 35.9 Å². The number of unbranched alkanes of at least 4 members (excludes halogenated alkanes) is 1. The molecular weight excluding hydrogens is 312 g/mol. The average Bonchev–Trinajstić information content (AvgIpc) is 2.70. The van der Waals surface area contributed by atoms with E-state index < -0.39 is 0 Å². The van der Waals surface area contributed by atoms with Crippen LogP contribution in [0.4, 0.5) is 0 Å². The van der Waals surface area contributed by atoms with Crippen molar-refractivity contribution in [2.75, 3.05) is 6.61 Å². The molecule has 1 saturated carbocycles. The Balaban J connectivity index is 0. The van der Waals surface area contributed by atoms with E-state index in [0.29, 0.717) is 6.61 Å². The van der Waals surface area contributed by atoms with Gasteiger partial charge in [-0.2, -0.15) is 0 Å². The van der Waals surface area contributed by atoms with Gasteiger partial charge in [-0.15, -0.1) is 0 Å². The fourth-order valence-electron chi connectivity index (χ4n) is 2.09. The Labute approximate surface area is 145 Å². The summed E-state index contributed by atoms with van der Waals surface area (Å²) in [4.78, 5) is 7.97. The van der Waals surface area contributed by atoms with Gasteiger partial charge in [-0.25, -0.2) is 9.78 Å². The van der Waals surface area contributed by atoms with Crippen LogP contribution in [0.5, 0.6) is 0 Å². The van der Waals surface area contributed by atoms with Crippen molar-refractivity contribution in [2.24, 2.45) is 0 Å². The van der Waals surface area contributed by atoms with Crippen LogP contribution < -0.4 is 0 Å². The fourth-order valence-corrected chi connectivity index (χ4v) is 2.09. The first-order valence-electron chi connectivity index (χ1n) is 8.58. The second-order valence-electron chi connectivity index (χ2n) is 5.39. The molecule has 2 rings (SSSR count). The minimum absolute atomic E-state index is 0.142. The number of benzene rings is 1. The smallest absolute Gasteiger partial charge is 0.0927 e. The van der Waals surface area contributed by atoms with E-state index in [4.69, 9.17) is 21.0 Å². The predicted molar refractivity (Wildman–Crippen MR) is 95.2 cm³/mol. The number of rotatable bonds is 5. The van der Waals surface area contributed by atoms with E-state index in [1.807, 2.05) is 13.0 Å². The average molecular weight is 346 g/mol. The standard InChI is InChI=1S/C8H10.C6H12O2.C4H10O2.H2O2/c1-2-8-6-4-3-5-7-8;7-8-6-4-2-1-3-5-6;1-2-3-4-6-5;1-2/h3-7H,2H2,1H3;6-7H,1-5H2;5H,2-4H2,1H3;1-2H. The van der Waals surface area contributed by atoms with Crippen molar-refractivity contribution in [3.8, 4) is 0 Å². The van der Waals surface area contributed by atoms with E-state index in [2.05, 4.69) is 41.0 Å². The largest absolute Gasteiger partial charge is 0.255 e. The molecule has 0 bridgehead atoms. The fraction of sp³-hybridized carbons (Fsp3) is 0.667. The maximum atomic E-state index is 8.19. The molecule has 0 aliphatic heterocycles. The van der Waals surface area contributed by atoms with Crippen molar-refractivity contribution in [1.29, 1.82) is 0 Å². The lowest BCUT2D eigenvalue weighted by Crippen LogP contribution is -2.14. The molecule has 0 radical (unpaired) electrons. The Morgan fingerprint density at radius 2 is 1.54 bits per heavy atom. The minimum atomic E-state index is 0.142. The van der Waals surface area contributed by atoms with Gasteiger partial charge in [-0.05, 0) is 31.2 Å². The highest BCUT2D eigenvalue weighted by atomic mass is 17.1. The van der Waals surface area contributed by atoms with Gasteiger partial charge in [0.15, 0.2) is 0 Å². The molecule has 1 fully saturated rings. The van der Waals surface area contributed by atoms with Gasteiger partial charge in [0.2, 0.25) is 0 Å². The summed E-state index contributed by atoms with van der Waals surface area (Å²) in [6.07, 6.45) is 9.10. The number of hydrogen-bond acceptors (Lipinski definition) is 6. The normalized spacial score (nSPS) is 13.4. The summed E-state index contributed by atoms with van der Waals surface area (Å²) in [6, 6.07) is 10.5. The molecule has 24 heavy (non-hydrogen) atoms. The summed E-state index contributed by atoms with van der Waals surface area (Å²) in [5.41, 5.74) is 1.41. The van der Waals surface area contributed by atoms with Gasteiger partial charge in [0.05, 0.1) is 12.7 Å². The van der Waals surface area contributed by atoms with Gasteiger partial charge in [0.1, 0.15) is 0 Å². The van der Waals surface area contributed by atoms with E-state index in [0.717, 1.165) is 32.1 Å². The Morgan fingerprint density at radius 1 is 0.958 bits per heavy atom. The summed E-state index contributed by atoms with van der Waals surface area (Å²) in [7, 11) is 0. The second-order valence-corrected chi connectivity index (χ2v) is 5.39. The molecule has 0 heterocycles. The minimum Gasteiger partial charge on any atom is -0.255 e. The molecule has 6 nitrogen and oxygen atoms in total. The SMILES string of the molecule is CCCCOO.CCc1ccccc1.OO.OOC1CCCCC1. The van der Waals surface area contributed by atoms with Gasteiger partial charge in [-0.3, -0.25) is 21.0 Å². The molecule has 0 unspecified atom stereocenters. The van der Waals surface area contributed by atoms with Crippen molar-refractivity contribution >= 4 is 0 Å². The van der Waals surface area contributed by atoms with Crippen molar-refractivity contribution in [3.63, 3.8) is 0 Å².